The van der Waals surface area contributed by atoms with Crippen molar-refractivity contribution in [3.63, 3.8) is 0 Å². The molecule has 0 bridgehead atoms. The quantitative estimate of drug-likeness (QED) is 0.373. The lowest BCUT2D eigenvalue weighted by molar-refractivity contribution is -0.130. The van der Waals surface area contributed by atoms with Crippen LogP contribution in [0.25, 0.3) is 21.7 Å². The van der Waals surface area contributed by atoms with Crippen molar-refractivity contribution in [3.8, 4) is 11.8 Å². The summed E-state index contributed by atoms with van der Waals surface area (Å²) in [4.78, 5) is 33.1. The molecule has 0 atom stereocenters. The summed E-state index contributed by atoms with van der Waals surface area (Å²) in [7, 11) is 0. The zero-order valence-corrected chi connectivity index (χ0v) is 20.9. The van der Waals surface area contributed by atoms with E-state index in [1.165, 1.54) is 6.20 Å². The van der Waals surface area contributed by atoms with Gasteiger partial charge in [-0.1, -0.05) is 31.1 Å². The Kier molecular flexibility index (Phi) is 6.61. The van der Waals surface area contributed by atoms with Gasteiger partial charge in [-0.15, -0.1) is 0 Å². The molecular formula is C26H30N8O2. The highest BCUT2D eigenvalue weighted by Crippen LogP contribution is 2.43. The number of amides is 2. The monoisotopic (exact) mass is 486 g/mol. The molecule has 2 heterocycles. The zero-order valence-electron chi connectivity index (χ0n) is 20.9. The number of primary amides is 1. The Morgan fingerprint density at radius 2 is 1.97 bits per heavy atom. The van der Waals surface area contributed by atoms with Gasteiger partial charge < -0.3 is 10.6 Å². The Morgan fingerprint density at radius 1 is 1.25 bits per heavy atom. The van der Waals surface area contributed by atoms with Gasteiger partial charge in [-0.25, -0.2) is 4.98 Å². The molecule has 2 amide bonds. The molecule has 1 fully saturated rings. The van der Waals surface area contributed by atoms with E-state index in [9.17, 15) is 20.4 Å². The lowest BCUT2D eigenvalue weighted by Crippen LogP contribution is -2.43. The smallest absolute Gasteiger partial charge is 0.285 e. The van der Waals surface area contributed by atoms with E-state index >= 15 is 0 Å². The van der Waals surface area contributed by atoms with Gasteiger partial charge in [-0.2, -0.15) is 5.26 Å². The molecule has 2 aliphatic rings. The number of nitrogens with zero attached hydrogens (tertiary/aromatic N) is 7. The van der Waals surface area contributed by atoms with Gasteiger partial charge in [0, 0.05) is 36.7 Å². The molecular weight excluding hydrogens is 456 g/mol. The molecule has 10 heteroatoms. The number of allylic oxidation sites excluding steroid dienone is 2. The van der Waals surface area contributed by atoms with Crippen LogP contribution in [0.4, 0.5) is 0 Å². The van der Waals surface area contributed by atoms with Crippen molar-refractivity contribution in [2.45, 2.75) is 58.4 Å². The molecule has 1 aliphatic carbocycles. The fourth-order valence-electron chi connectivity index (χ4n) is 5.13. The minimum atomic E-state index is -0.790. The van der Waals surface area contributed by atoms with Gasteiger partial charge >= 0.3 is 0 Å². The third-order valence-corrected chi connectivity index (χ3v) is 7.42. The maximum absolute atomic E-state index is 12.2. The van der Waals surface area contributed by atoms with E-state index in [-0.39, 0.29) is 22.8 Å². The summed E-state index contributed by atoms with van der Waals surface area (Å²) >= 11 is 0. The summed E-state index contributed by atoms with van der Waals surface area (Å²) < 4.78 is 1.57. The van der Waals surface area contributed by atoms with Gasteiger partial charge in [0.1, 0.15) is 6.07 Å². The third-order valence-electron chi connectivity index (χ3n) is 7.42. The molecule has 4 rings (SSSR count). The van der Waals surface area contributed by atoms with Crippen molar-refractivity contribution < 1.29 is 9.59 Å². The van der Waals surface area contributed by atoms with E-state index in [1.54, 1.807) is 16.4 Å². The number of likely N-dealkylation sites (tertiary alicyclic amines) is 1. The molecule has 1 aromatic carbocycles. The first-order valence-corrected chi connectivity index (χ1v) is 12.0. The van der Waals surface area contributed by atoms with Crippen LogP contribution in [-0.4, -0.2) is 39.4 Å². The Labute approximate surface area is 210 Å². The van der Waals surface area contributed by atoms with E-state index in [1.807, 2.05) is 24.3 Å². The summed E-state index contributed by atoms with van der Waals surface area (Å²) in [6.07, 6.45) is 7.49. The average Bonchev–Trinajstić information content (AvgIpc) is 3.29. The first-order valence-electron chi connectivity index (χ1n) is 12.0. The summed E-state index contributed by atoms with van der Waals surface area (Å²) in [5.41, 5.74) is 18.1. The van der Waals surface area contributed by atoms with E-state index in [2.05, 4.69) is 34.9 Å². The lowest BCUT2D eigenvalue weighted by Gasteiger charge is -2.39. The van der Waals surface area contributed by atoms with Crippen LogP contribution in [-0.2, 0) is 10.3 Å². The number of piperidine rings is 1. The summed E-state index contributed by atoms with van der Waals surface area (Å²) in [6.45, 7) is 7.01. The second-order valence-corrected chi connectivity index (χ2v) is 10.4. The number of azide groups is 1. The predicted molar refractivity (Wildman–Crippen MR) is 135 cm³/mol. The Bertz CT molecular complexity index is 1330. The highest BCUT2D eigenvalue weighted by atomic mass is 16.2. The first kappa shape index (κ1) is 25.0. The van der Waals surface area contributed by atoms with Gasteiger partial charge in [0.25, 0.3) is 5.91 Å². The highest BCUT2D eigenvalue weighted by Gasteiger charge is 2.37. The molecule has 2 N–H and O–H groups in total. The third kappa shape index (κ3) is 4.70. The zero-order chi connectivity index (χ0) is 26.1. The molecule has 2 aromatic rings. The number of hydrogen-bond donors (Lipinski definition) is 1. The minimum absolute atomic E-state index is 0.00272. The van der Waals surface area contributed by atoms with Crippen molar-refractivity contribution in [1.82, 2.24) is 14.5 Å². The molecule has 1 saturated heterocycles. The second kappa shape index (κ2) is 9.51. The topological polar surface area (TPSA) is 154 Å². The van der Waals surface area contributed by atoms with Gasteiger partial charge in [-0.05, 0) is 66.3 Å². The van der Waals surface area contributed by atoms with Crippen LogP contribution < -0.4 is 5.73 Å². The van der Waals surface area contributed by atoms with Crippen LogP contribution in [0.5, 0.6) is 0 Å². The SMILES string of the molecule is CC(=O)N1CCC(N=[N+]=[N-])(c2ccc(-n3cc(C#N)nc3C(N)=O)c(C3=CCC(C)(C)CC3)c2)CC1. The predicted octanol–water partition coefficient (Wildman–Crippen LogP) is 4.58. The second-order valence-electron chi connectivity index (χ2n) is 10.4. The molecule has 36 heavy (non-hydrogen) atoms. The first-order chi connectivity index (χ1) is 17.1. The number of hydrogen-bond acceptors (Lipinski definition) is 5. The fraction of sp³-hybridized carbons (Fsp3) is 0.462. The molecule has 1 aliphatic heterocycles. The van der Waals surface area contributed by atoms with Gasteiger partial charge in [0.05, 0.1) is 11.2 Å². The van der Waals surface area contributed by atoms with E-state index in [0.717, 1.165) is 36.0 Å². The largest absolute Gasteiger partial charge is 0.363 e. The Morgan fingerprint density at radius 3 is 2.53 bits per heavy atom. The van der Waals surface area contributed by atoms with Crippen molar-refractivity contribution >= 4 is 17.4 Å². The van der Waals surface area contributed by atoms with Crippen LogP contribution >= 0.6 is 0 Å². The Balaban J connectivity index is 1.88. The lowest BCUT2D eigenvalue weighted by atomic mass is 9.75. The molecule has 186 valence electrons. The molecule has 10 nitrogen and oxygen atoms in total. The normalized spacial score (nSPS) is 18.5. The summed E-state index contributed by atoms with van der Waals surface area (Å²) in [5.74, 6) is -0.743. The number of nitrogens with two attached hydrogens (primary N) is 1. The van der Waals surface area contributed by atoms with Gasteiger partial charge in [0.2, 0.25) is 11.7 Å². The molecule has 0 unspecified atom stereocenters. The average molecular weight is 487 g/mol. The van der Waals surface area contributed by atoms with Gasteiger partial charge in [0.15, 0.2) is 5.69 Å². The summed E-state index contributed by atoms with van der Waals surface area (Å²) in [5, 5.41) is 13.6. The van der Waals surface area contributed by atoms with E-state index in [0.29, 0.717) is 31.6 Å². The van der Waals surface area contributed by atoms with Crippen LogP contribution in [0, 0.1) is 16.7 Å². The number of aromatic nitrogens is 2. The maximum atomic E-state index is 12.2. The molecule has 0 spiro atoms. The molecule has 1 aromatic heterocycles. The summed E-state index contributed by atoms with van der Waals surface area (Å²) in [6, 6.07) is 7.76. The highest BCUT2D eigenvalue weighted by molar-refractivity contribution is 5.90. The van der Waals surface area contributed by atoms with Crippen LogP contribution in [0.2, 0.25) is 0 Å². The van der Waals surface area contributed by atoms with Crippen molar-refractivity contribution in [2.75, 3.05) is 13.1 Å². The maximum Gasteiger partial charge on any atom is 0.285 e. The van der Waals surface area contributed by atoms with Crippen molar-refractivity contribution in [1.29, 1.82) is 5.26 Å². The standard InChI is InChI=1S/C26H30N8O2/c1-17(35)33-12-10-26(11-13-33,31-32-29)19-4-5-22(34-16-20(15-27)30-24(34)23(28)36)21(14-19)18-6-8-25(2,3)9-7-18/h4-6,14,16H,7-13H2,1-3H3,(H2,28,36). The minimum Gasteiger partial charge on any atom is -0.363 e. The number of carbonyl (C=O) groups excluding carboxylic acids is 2. The number of imidazole rings is 1. The van der Waals surface area contributed by atoms with Crippen LogP contribution in [0.1, 0.15) is 80.3 Å². The van der Waals surface area contributed by atoms with Crippen LogP contribution in [0.15, 0.2) is 35.6 Å². The van der Waals surface area contributed by atoms with E-state index < -0.39 is 11.4 Å². The van der Waals surface area contributed by atoms with Gasteiger partial charge in [-0.3, -0.25) is 14.2 Å². The number of benzene rings is 1. The Hall–Kier alpha value is -4.09. The number of nitriles is 1. The van der Waals surface area contributed by atoms with Crippen molar-refractivity contribution in [3.05, 3.63) is 63.6 Å². The molecule has 0 saturated carbocycles. The fourth-order valence-corrected chi connectivity index (χ4v) is 5.13. The molecule has 0 radical (unpaired) electrons. The van der Waals surface area contributed by atoms with Crippen molar-refractivity contribution in [2.24, 2.45) is 16.3 Å². The van der Waals surface area contributed by atoms with Crippen LogP contribution in [0.3, 0.4) is 0 Å². The number of carbonyl (C=O) groups is 2. The number of rotatable bonds is 5. The van der Waals surface area contributed by atoms with E-state index in [4.69, 9.17) is 5.73 Å².